The lowest BCUT2D eigenvalue weighted by atomic mass is 9.97. The van der Waals surface area contributed by atoms with E-state index in [1.165, 1.54) is 0 Å². The van der Waals surface area contributed by atoms with E-state index in [0.717, 1.165) is 55.8 Å². The van der Waals surface area contributed by atoms with Crippen molar-refractivity contribution in [2.45, 2.75) is 31.2 Å². The smallest absolute Gasteiger partial charge is 0.234 e. The van der Waals surface area contributed by atoms with Gasteiger partial charge >= 0.3 is 0 Å². The zero-order valence-corrected chi connectivity index (χ0v) is 18.1. The lowest BCUT2D eigenvalue weighted by Gasteiger charge is -2.32. The summed E-state index contributed by atoms with van der Waals surface area (Å²) in [5.41, 5.74) is -0.199. The summed E-state index contributed by atoms with van der Waals surface area (Å²) in [5, 5.41) is 14.2. The summed E-state index contributed by atoms with van der Waals surface area (Å²) >= 11 is 1.14. The maximum atomic E-state index is 13.6. The molecule has 0 saturated carbocycles. The molecule has 2 aromatic rings. The van der Waals surface area contributed by atoms with E-state index < -0.39 is 17.5 Å². The quantitative estimate of drug-likeness (QED) is 0.602. The van der Waals surface area contributed by atoms with Gasteiger partial charge < -0.3 is 15.5 Å². The average Bonchev–Trinajstić information content (AvgIpc) is 2.79. The first-order valence-corrected chi connectivity index (χ1v) is 11.2. The summed E-state index contributed by atoms with van der Waals surface area (Å²) in [5.74, 6) is -1.13. The number of thioether (sulfide) groups is 1. The minimum Gasteiger partial charge on any atom is -0.356 e. The largest absolute Gasteiger partial charge is 0.356 e. The van der Waals surface area contributed by atoms with Crippen LogP contribution in [0.25, 0.3) is 0 Å². The Hall–Kier alpha value is -2.75. The summed E-state index contributed by atoms with van der Waals surface area (Å²) in [7, 11) is 0. The zero-order valence-electron chi connectivity index (χ0n) is 17.2. The van der Waals surface area contributed by atoms with Gasteiger partial charge in [-0.25, -0.2) is 8.78 Å². The third-order valence-corrected chi connectivity index (χ3v) is 5.77. The van der Waals surface area contributed by atoms with Crippen LogP contribution in [-0.2, 0) is 9.59 Å². The van der Waals surface area contributed by atoms with E-state index in [9.17, 15) is 18.4 Å². The van der Waals surface area contributed by atoms with Crippen LogP contribution >= 0.6 is 11.8 Å². The Morgan fingerprint density at radius 2 is 2.06 bits per heavy atom. The molecule has 1 fully saturated rings. The molecule has 2 heterocycles. The number of hydrogen-bond donors (Lipinski definition) is 2. The number of halogens is 2. The number of rotatable bonds is 8. The van der Waals surface area contributed by atoms with Crippen molar-refractivity contribution in [2.75, 3.05) is 35.6 Å². The molecule has 3 rings (SSSR count). The van der Waals surface area contributed by atoms with Crippen molar-refractivity contribution >= 4 is 35.1 Å². The molecule has 0 spiro atoms. The Bertz CT molecular complexity index is 913. The Kier molecular flexibility index (Phi) is 8.16. The Labute approximate surface area is 184 Å². The van der Waals surface area contributed by atoms with Crippen LogP contribution in [0.5, 0.6) is 0 Å². The van der Waals surface area contributed by atoms with E-state index in [1.807, 2.05) is 17.9 Å². The Morgan fingerprint density at radius 1 is 1.23 bits per heavy atom. The second-order valence-corrected chi connectivity index (χ2v) is 8.26. The highest BCUT2D eigenvalue weighted by atomic mass is 32.2. The van der Waals surface area contributed by atoms with Gasteiger partial charge in [-0.05, 0) is 43.5 Å². The van der Waals surface area contributed by atoms with Crippen LogP contribution < -0.4 is 15.5 Å². The van der Waals surface area contributed by atoms with Crippen LogP contribution in [0, 0.1) is 17.6 Å². The highest BCUT2D eigenvalue weighted by molar-refractivity contribution is 7.99. The van der Waals surface area contributed by atoms with Crippen molar-refractivity contribution in [1.29, 1.82) is 0 Å². The second kappa shape index (κ2) is 11.0. The minimum absolute atomic E-state index is 0.0205. The zero-order chi connectivity index (χ0) is 22.2. The summed E-state index contributed by atoms with van der Waals surface area (Å²) in [6.07, 6.45) is 2.66. The molecule has 2 amide bonds. The molecule has 1 aromatic carbocycles. The SMILES string of the molecule is CCCNC(=O)C1CCCN(c2ccc(SCC(=O)Nc3cc(F)ccc3F)nn2)C1. The minimum atomic E-state index is -0.702. The van der Waals surface area contributed by atoms with Crippen LogP contribution in [0.15, 0.2) is 35.4 Å². The molecule has 1 saturated heterocycles. The van der Waals surface area contributed by atoms with Crippen molar-refractivity contribution in [1.82, 2.24) is 15.5 Å². The molecule has 0 aliphatic carbocycles. The fourth-order valence-electron chi connectivity index (χ4n) is 3.27. The number of carbonyl (C=O) groups excluding carboxylic acids is 2. The molecule has 1 aliphatic heterocycles. The molecule has 2 N–H and O–H groups in total. The maximum Gasteiger partial charge on any atom is 0.234 e. The van der Waals surface area contributed by atoms with Gasteiger partial charge in [-0.2, -0.15) is 0 Å². The first-order chi connectivity index (χ1) is 15.0. The lowest BCUT2D eigenvalue weighted by molar-refractivity contribution is -0.125. The number of piperidine rings is 1. The molecule has 10 heteroatoms. The highest BCUT2D eigenvalue weighted by Crippen LogP contribution is 2.23. The molecule has 166 valence electrons. The van der Waals surface area contributed by atoms with Gasteiger partial charge in [0.25, 0.3) is 0 Å². The Morgan fingerprint density at radius 3 is 2.81 bits per heavy atom. The molecule has 1 aliphatic rings. The van der Waals surface area contributed by atoms with E-state index in [-0.39, 0.29) is 23.3 Å². The topological polar surface area (TPSA) is 87.2 Å². The predicted molar refractivity (Wildman–Crippen MR) is 116 cm³/mol. The molecule has 7 nitrogen and oxygen atoms in total. The van der Waals surface area contributed by atoms with Gasteiger partial charge in [-0.3, -0.25) is 9.59 Å². The van der Waals surface area contributed by atoms with E-state index in [4.69, 9.17) is 0 Å². The molecule has 1 unspecified atom stereocenters. The van der Waals surface area contributed by atoms with Gasteiger partial charge in [0.1, 0.15) is 16.7 Å². The molecular formula is C21H25F2N5O2S. The maximum absolute atomic E-state index is 13.6. The van der Waals surface area contributed by atoms with E-state index in [0.29, 0.717) is 23.9 Å². The summed E-state index contributed by atoms with van der Waals surface area (Å²) in [6, 6.07) is 6.44. The number of nitrogens with one attached hydrogen (secondary N) is 2. The summed E-state index contributed by atoms with van der Waals surface area (Å²) in [6.45, 7) is 4.10. The normalized spacial score (nSPS) is 16.1. The number of hydrogen-bond acceptors (Lipinski definition) is 6. The van der Waals surface area contributed by atoms with Gasteiger partial charge in [-0.1, -0.05) is 18.7 Å². The highest BCUT2D eigenvalue weighted by Gasteiger charge is 2.26. The Balaban J connectivity index is 1.51. The van der Waals surface area contributed by atoms with E-state index in [1.54, 1.807) is 6.07 Å². The van der Waals surface area contributed by atoms with Gasteiger partial charge in [-0.15, -0.1) is 10.2 Å². The number of benzene rings is 1. The summed E-state index contributed by atoms with van der Waals surface area (Å²) in [4.78, 5) is 26.3. The summed E-state index contributed by atoms with van der Waals surface area (Å²) < 4.78 is 26.8. The molecule has 31 heavy (non-hydrogen) atoms. The van der Waals surface area contributed by atoms with Gasteiger partial charge in [0.15, 0.2) is 5.82 Å². The van der Waals surface area contributed by atoms with Gasteiger partial charge in [0.2, 0.25) is 11.8 Å². The fourth-order valence-corrected chi connectivity index (χ4v) is 3.88. The lowest BCUT2D eigenvalue weighted by Crippen LogP contribution is -2.43. The molecule has 0 radical (unpaired) electrons. The van der Waals surface area contributed by atoms with Crippen molar-refractivity contribution in [3.05, 3.63) is 42.0 Å². The van der Waals surface area contributed by atoms with E-state index >= 15 is 0 Å². The van der Waals surface area contributed by atoms with Crippen LogP contribution in [0.2, 0.25) is 0 Å². The van der Waals surface area contributed by atoms with Crippen LogP contribution in [0.3, 0.4) is 0 Å². The number of nitrogens with zero attached hydrogens (tertiary/aromatic N) is 3. The molecule has 1 aromatic heterocycles. The number of carbonyl (C=O) groups is 2. The number of amides is 2. The first kappa shape index (κ1) is 22.9. The monoisotopic (exact) mass is 449 g/mol. The van der Waals surface area contributed by atoms with Gasteiger partial charge in [0.05, 0.1) is 17.4 Å². The fraction of sp³-hybridized carbons (Fsp3) is 0.429. The van der Waals surface area contributed by atoms with Crippen molar-refractivity contribution in [2.24, 2.45) is 5.92 Å². The van der Waals surface area contributed by atoms with Crippen molar-refractivity contribution < 1.29 is 18.4 Å². The molecule has 0 bridgehead atoms. The van der Waals surface area contributed by atoms with Gasteiger partial charge in [0, 0.05) is 25.7 Å². The average molecular weight is 450 g/mol. The van der Waals surface area contributed by atoms with Crippen LogP contribution in [-0.4, -0.2) is 47.4 Å². The van der Waals surface area contributed by atoms with Crippen LogP contribution in [0.4, 0.5) is 20.3 Å². The first-order valence-electron chi connectivity index (χ1n) is 10.2. The second-order valence-electron chi connectivity index (χ2n) is 7.27. The molecular weight excluding hydrogens is 424 g/mol. The van der Waals surface area contributed by atoms with Crippen molar-refractivity contribution in [3.63, 3.8) is 0 Å². The standard InChI is InChI=1S/C21H25F2N5O2S/c1-2-9-24-21(30)14-4-3-10-28(12-14)18-7-8-20(27-26-18)31-13-19(29)25-17-11-15(22)5-6-16(17)23/h5-8,11,14H,2-4,9-10,12-13H2,1H3,(H,24,30)(H,25,29). The molecule has 1 atom stereocenters. The van der Waals surface area contributed by atoms with E-state index in [2.05, 4.69) is 20.8 Å². The third kappa shape index (κ3) is 6.61. The predicted octanol–water partition coefficient (Wildman–Crippen LogP) is 3.23. The third-order valence-electron chi connectivity index (χ3n) is 4.85. The van der Waals surface area contributed by atoms with Crippen LogP contribution in [0.1, 0.15) is 26.2 Å². The number of anilines is 2. The number of aromatic nitrogens is 2. The van der Waals surface area contributed by atoms with Crippen molar-refractivity contribution in [3.8, 4) is 0 Å².